The Labute approximate surface area is 122 Å². The molecule has 1 aromatic rings. The Morgan fingerprint density at radius 3 is 2.70 bits per heavy atom. The Hall–Kier alpha value is -1.37. The zero-order valence-corrected chi connectivity index (χ0v) is 12.4. The Balaban J connectivity index is 1.76. The fourth-order valence-electron chi connectivity index (χ4n) is 2.79. The van der Waals surface area contributed by atoms with E-state index in [1.54, 1.807) is 0 Å². The first-order valence-corrected chi connectivity index (χ1v) is 7.75. The number of hydrogen-bond acceptors (Lipinski definition) is 3. The van der Waals surface area contributed by atoms with Crippen molar-refractivity contribution < 1.29 is 0 Å². The molecule has 3 nitrogen and oxygen atoms in total. The summed E-state index contributed by atoms with van der Waals surface area (Å²) in [5.41, 5.74) is 1.93. The van der Waals surface area contributed by atoms with E-state index < -0.39 is 0 Å². The topological polar surface area (TPSA) is 39.1 Å². The van der Waals surface area contributed by atoms with Crippen LogP contribution in [-0.4, -0.2) is 31.1 Å². The number of hydrogen-bond donors (Lipinski definition) is 1. The predicted octanol–water partition coefficient (Wildman–Crippen LogP) is 3.08. The molecule has 0 radical (unpaired) electrons. The highest BCUT2D eigenvalue weighted by atomic mass is 15.1. The molecule has 0 aliphatic carbocycles. The first-order valence-electron chi connectivity index (χ1n) is 7.75. The van der Waals surface area contributed by atoms with Gasteiger partial charge in [0.1, 0.15) is 0 Å². The van der Waals surface area contributed by atoms with Crippen molar-refractivity contribution in [3.63, 3.8) is 0 Å². The Bertz CT molecular complexity index is 442. The molecule has 1 aliphatic rings. The van der Waals surface area contributed by atoms with E-state index in [0.29, 0.717) is 6.04 Å². The van der Waals surface area contributed by atoms with Crippen molar-refractivity contribution in [3.8, 4) is 6.07 Å². The van der Waals surface area contributed by atoms with Gasteiger partial charge in [-0.15, -0.1) is 0 Å². The minimum Gasteiger partial charge on any atom is -0.309 e. The molecule has 0 amide bonds. The molecule has 1 N–H and O–H groups in total. The number of nitrogens with zero attached hydrogens (tertiary/aromatic N) is 2. The molecule has 20 heavy (non-hydrogen) atoms. The molecule has 0 spiro atoms. The fraction of sp³-hybridized carbons (Fsp3) is 0.588. The summed E-state index contributed by atoms with van der Waals surface area (Å²) in [6.07, 6.45) is 5.47. The predicted molar refractivity (Wildman–Crippen MR) is 82.5 cm³/mol. The maximum absolute atomic E-state index is 8.94. The van der Waals surface area contributed by atoms with Gasteiger partial charge in [-0.05, 0) is 50.6 Å². The van der Waals surface area contributed by atoms with Crippen molar-refractivity contribution in [1.29, 1.82) is 5.26 Å². The summed E-state index contributed by atoms with van der Waals surface area (Å²) in [6.45, 7) is 6.80. The maximum Gasteiger partial charge on any atom is 0.0991 e. The lowest BCUT2D eigenvalue weighted by atomic mass is 10.1. The van der Waals surface area contributed by atoms with Crippen molar-refractivity contribution in [2.75, 3.05) is 26.2 Å². The molecule has 108 valence electrons. The quantitative estimate of drug-likeness (QED) is 0.894. The first kappa shape index (κ1) is 15.0. The van der Waals surface area contributed by atoms with Crippen molar-refractivity contribution in [1.82, 2.24) is 10.2 Å². The molecule has 1 saturated heterocycles. The number of nitrogens with one attached hydrogen (secondary N) is 1. The van der Waals surface area contributed by atoms with E-state index in [0.717, 1.165) is 18.7 Å². The lowest BCUT2D eigenvalue weighted by Gasteiger charge is -2.21. The molecule has 1 unspecified atom stereocenters. The van der Waals surface area contributed by atoms with Gasteiger partial charge in [-0.25, -0.2) is 0 Å². The summed E-state index contributed by atoms with van der Waals surface area (Å²) in [7, 11) is 0. The van der Waals surface area contributed by atoms with E-state index in [1.807, 2.05) is 18.2 Å². The summed E-state index contributed by atoms with van der Waals surface area (Å²) in [6, 6.07) is 10.4. The van der Waals surface area contributed by atoms with Gasteiger partial charge in [0.05, 0.1) is 11.6 Å². The first-order chi connectivity index (χ1) is 9.79. The van der Waals surface area contributed by atoms with E-state index in [1.165, 1.54) is 44.3 Å². The van der Waals surface area contributed by atoms with Crippen LogP contribution in [0.25, 0.3) is 0 Å². The number of rotatable bonds is 5. The average Bonchev–Trinajstić information content (AvgIpc) is 2.76. The van der Waals surface area contributed by atoms with Gasteiger partial charge in [0.25, 0.3) is 0 Å². The Morgan fingerprint density at radius 2 is 2.00 bits per heavy atom. The van der Waals surface area contributed by atoms with E-state index in [4.69, 9.17) is 5.26 Å². The molecule has 2 rings (SSSR count). The Kier molecular flexibility index (Phi) is 6.04. The van der Waals surface area contributed by atoms with E-state index in [2.05, 4.69) is 29.3 Å². The summed E-state index contributed by atoms with van der Waals surface area (Å²) in [5, 5.41) is 12.5. The largest absolute Gasteiger partial charge is 0.309 e. The summed E-state index contributed by atoms with van der Waals surface area (Å²) in [4.78, 5) is 2.57. The summed E-state index contributed by atoms with van der Waals surface area (Å²) in [5.74, 6) is 0. The molecule has 1 atom stereocenters. The SMILES string of the molecule is CC(NCCN1CCCCCC1)c1cccc(C#N)c1. The van der Waals surface area contributed by atoms with Crippen LogP contribution in [0.3, 0.4) is 0 Å². The van der Waals surface area contributed by atoms with Gasteiger partial charge in [0.2, 0.25) is 0 Å². The lowest BCUT2D eigenvalue weighted by Crippen LogP contribution is -2.33. The fourth-order valence-corrected chi connectivity index (χ4v) is 2.79. The zero-order valence-electron chi connectivity index (χ0n) is 12.4. The lowest BCUT2D eigenvalue weighted by molar-refractivity contribution is 0.280. The van der Waals surface area contributed by atoms with Crippen molar-refractivity contribution in [3.05, 3.63) is 35.4 Å². The maximum atomic E-state index is 8.94. The number of nitriles is 1. The van der Waals surface area contributed by atoms with Crippen LogP contribution in [0.2, 0.25) is 0 Å². The molecule has 0 bridgehead atoms. The molecule has 1 fully saturated rings. The second-order valence-electron chi connectivity index (χ2n) is 5.67. The minimum atomic E-state index is 0.301. The third kappa shape index (κ3) is 4.63. The average molecular weight is 271 g/mol. The van der Waals surface area contributed by atoms with Crippen molar-refractivity contribution in [2.45, 2.75) is 38.6 Å². The smallest absolute Gasteiger partial charge is 0.0991 e. The van der Waals surface area contributed by atoms with E-state index in [9.17, 15) is 0 Å². The van der Waals surface area contributed by atoms with Gasteiger partial charge >= 0.3 is 0 Å². The number of benzene rings is 1. The summed E-state index contributed by atoms with van der Waals surface area (Å²) < 4.78 is 0. The monoisotopic (exact) mass is 271 g/mol. The standard InChI is InChI=1S/C17H25N3/c1-15(17-8-6-7-16(13-17)14-18)19-9-12-20-10-4-2-3-5-11-20/h6-8,13,15,19H,2-5,9-12H2,1H3. The molecule has 1 aliphatic heterocycles. The van der Waals surface area contributed by atoms with E-state index in [-0.39, 0.29) is 0 Å². The van der Waals surface area contributed by atoms with Crippen LogP contribution < -0.4 is 5.32 Å². The van der Waals surface area contributed by atoms with Crippen LogP contribution in [0.5, 0.6) is 0 Å². The molecule has 0 saturated carbocycles. The second kappa shape index (κ2) is 8.04. The summed E-state index contributed by atoms with van der Waals surface area (Å²) >= 11 is 0. The molecule has 3 heteroatoms. The van der Waals surface area contributed by atoms with Gasteiger partial charge in [-0.3, -0.25) is 0 Å². The second-order valence-corrected chi connectivity index (χ2v) is 5.67. The van der Waals surface area contributed by atoms with Crippen LogP contribution in [-0.2, 0) is 0 Å². The molecular formula is C17H25N3. The molecule has 0 aromatic heterocycles. The highest BCUT2D eigenvalue weighted by molar-refractivity contribution is 5.33. The van der Waals surface area contributed by atoms with Crippen molar-refractivity contribution in [2.24, 2.45) is 0 Å². The van der Waals surface area contributed by atoms with Gasteiger partial charge in [-0.1, -0.05) is 25.0 Å². The minimum absolute atomic E-state index is 0.301. The highest BCUT2D eigenvalue weighted by Crippen LogP contribution is 2.14. The normalized spacial score (nSPS) is 18.2. The molecular weight excluding hydrogens is 246 g/mol. The van der Waals surface area contributed by atoms with Gasteiger partial charge < -0.3 is 10.2 Å². The van der Waals surface area contributed by atoms with Crippen LogP contribution in [0.4, 0.5) is 0 Å². The van der Waals surface area contributed by atoms with Gasteiger partial charge in [0, 0.05) is 19.1 Å². The van der Waals surface area contributed by atoms with E-state index >= 15 is 0 Å². The van der Waals surface area contributed by atoms with Crippen LogP contribution >= 0.6 is 0 Å². The van der Waals surface area contributed by atoms with Crippen LogP contribution in [0.1, 0.15) is 49.8 Å². The Morgan fingerprint density at radius 1 is 1.25 bits per heavy atom. The molecule has 1 aromatic carbocycles. The number of likely N-dealkylation sites (tertiary alicyclic amines) is 1. The highest BCUT2D eigenvalue weighted by Gasteiger charge is 2.10. The zero-order chi connectivity index (χ0) is 14.2. The van der Waals surface area contributed by atoms with Gasteiger partial charge in [-0.2, -0.15) is 5.26 Å². The van der Waals surface area contributed by atoms with Crippen molar-refractivity contribution >= 4 is 0 Å². The molecule has 1 heterocycles. The van der Waals surface area contributed by atoms with Crippen LogP contribution in [0.15, 0.2) is 24.3 Å². The van der Waals surface area contributed by atoms with Gasteiger partial charge in [0.15, 0.2) is 0 Å². The third-order valence-electron chi connectivity index (χ3n) is 4.09. The third-order valence-corrected chi connectivity index (χ3v) is 4.09. The van der Waals surface area contributed by atoms with Crippen LogP contribution in [0, 0.1) is 11.3 Å².